The second-order valence-electron chi connectivity index (χ2n) is 9.95. The number of hydrogen-bond donors (Lipinski definition) is 1. The Kier molecular flexibility index (Phi) is 22.0. The van der Waals surface area contributed by atoms with Crippen LogP contribution in [0.25, 0.3) is 0 Å². The lowest BCUT2D eigenvalue weighted by molar-refractivity contribution is -0.00790. The molecule has 0 rings (SSSR count). The summed E-state index contributed by atoms with van der Waals surface area (Å²) in [5.74, 6) is 0. The van der Waals surface area contributed by atoms with Crippen molar-refractivity contribution in [1.82, 2.24) is 0 Å². The molecule has 0 saturated heterocycles. The summed E-state index contributed by atoms with van der Waals surface area (Å²) < 4.78 is 11.5. The van der Waals surface area contributed by atoms with Gasteiger partial charge >= 0.3 is 0 Å². The van der Waals surface area contributed by atoms with E-state index in [0.29, 0.717) is 13.0 Å². The molecule has 0 aromatic heterocycles. The summed E-state index contributed by atoms with van der Waals surface area (Å²) in [5.41, 5.74) is -0.635. The fraction of sp³-hybridized carbons (Fsp3) is 1.00. The van der Waals surface area contributed by atoms with E-state index in [9.17, 15) is 5.11 Å². The highest BCUT2D eigenvalue weighted by molar-refractivity contribution is 4.64. The largest absolute Gasteiger partial charge is 0.390 e. The minimum Gasteiger partial charge on any atom is -0.390 e. The zero-order chi connectivity index (χ0) is 22.3. The van der Waals surface area contributed by atoms with Crippen LogP contribution in [0, 0.1) is 0 Å². The maximum Gasteiger partial charge on any atom is 0.0613 e. The Balaban J connectivity index is 3.13. The van der Waals surface area contributed by atoms with E-state index in [-0.39, 0.29) is 6.10 Å². The van der Waals surface area contributed by atoms with Gasteiger partial charge in [0.15, 0.2) is 0 Å². The van der Waals surface area contributed by atoms with Crippen LogP contribution >= 0.6 is 0 Å². The van der Waals surface area contributed by atoms with Crippen molar-refractivity contribution in [2.75, 3.05) is 19.8 Å². The van der Waals surface area contributed by atoms with Gasteiger partial charge in [-0.15, -0.1) is 0 Å². The van der Waals surface area contributed by atoms with Gasteiger partial charge in [0.1, 0.15) is 0 Å². The molecule has 0 aliphatic carbocycles. The van der Waals surface area contributed by atoms with Crippen molar-refractivity contribution in [2.45, 2.75) is 155 Å². The van der Waals surface area contributed by atoms with Crippen molar-refractivity contribution in [3.63, 3.8) is 0 Å². The predicted molar refractivity (Wildman–Crippen MR) is 131 cm³/mol. The molecule has 1 unspecified atom stereocenters. The van der Waals surface area contributed by atoms with Gasteiger partial charge in [-0.1, -0.05) is 103 Å². The first kappa shape index (κ1) is 29.9. The number of ether oxygens (including phenoxy) is 2. The predicted octanol–water partition coefficient (Wildman–Crippen LogP) is 8.22. The third kappa shape index (κ3) is 25.9. The molecule has 0 heterocycles. The number of rotatable bonds is 24. The Morgan fingerprint density at radius 3 is 1.50 bits per heavy atom. The lowest BCUT2D eigenvalue weighted by atomic mass is 10.0. The number of aliphatic hydroxyl groups is 1. The quantitative estimate of drug-likeness (QED) is 0.157. The average molecular weight is 429 g/mol. The molecule has 182 valence electrons. The van der Waals surface area contributed by atoms with Crippen molar-refractivity contribution < 1.29 is 14.6 Å². The third-order valence-electron chi connectivity index (χ3n) is 5.93. The number of unbranched alkanes of at least 4 members (excludes halogenated alkanes) is 15. The standard InChI is InChI=1S/C27H56O3/c1-5-6-7-8-9-10-11-12-13-14-15-16-17-18-19-20-23-29-24-21-26(2)30-25-22-27(3,4)28/h26,28H,5-25H2,1-4H3. The Hall–Kier alpha value is -0.120. The van der Waals surface area contributed by atoms with E-state index in [1.807, 2.05) is 13.8 Å². The smallest absolute Gasteiger partial charge is 0.0613 e. The fourth-order valence-corrected chi connectivity index (χ4v) is 3.70. The molecule has 30 heavy (non-hydrogen) atoms. The molecule has 0 radical (unpaired) electrons. The van der Waals surface area contributed by atoms with Crippen LogP contribution in [0.4, 0.5) is 0 Å². The van der Waals surface area contributed by atoms with E-state index in [1.54, 1.807) is 0 Å². The van der Waals surface area contributed by atoms with Crippen molar-refractivity contribution in [3.05, 3.63) is 0 Å². The van der Waals surface area contributed by atoms with Crippen molar-refractivity contribution in [3.8, 4) is 0 Å². The van der Waals surface area contributed by atoms with Gasteiger partial charge < -0.3 is 14.6 Å². The van der Waals surface area contributed by atoms with Gasteiger partial charge in [0.25, 0.3) is 0 Å². The molecule has 0 aliphatic rings. The summed E-state index contributed by atoms with van der Waals surface area (Å²) >= 11 is 0. The van der Waals surface area contributed by atoms with E-state index in [0.717, 1.165) is 19.6 Å². The lowest BCUT2D eigenvalue weighted by Crippen LogP contribution is -2.23. The Morgan fingerprint density at radius 1 is 0.633 bits per heavy atom. The molecule has 0 saturated carbocycles. The van der Waals surface area contributed by atoms with Crippen LogP contribution in [-0.4, -0.2) is 36.6 Å². The van der Waals surface area contributed by atoms with Crippen molar-refractivity contribution in [1.29, 1.82) is 0 Å². The summed E-state index contributed by atoms with van der Waals surface area (Å²) in [5, 5.41) is 9.67. The second kappa shape index (κ2) is 22.1. The molecule has 0 spiro atoms. The molecular formula is C27H56O3. The molecule has 3 heteroatoms. The molecule has 0 aliphatic heterocycles. The van der Waals surface area contributed by atoms with Crippen LogP contribution in [0.5, 0.6) is 0 Å². The second-order valence-corrected chi connectivity index (χ2v) is 9.95. The van der Waals surface area contributed by atoms with Crippen molar-refractivity contribution >= 4 is 0 Å². The van der Waals surface area contributed by atoms with Crippen LogP contribution in [0.1, 0.15) is 143 Å². The molecule has 1 N–H and O–H groups in total. The molecule has 0 fully saturated rings. The topological polar surface area (TPSA) is 38.7 Å². The molecule has 0 aromatic rings. The maximum absolute atomic E-state index is 9.67. The number of hydrogen-bond acceptors (Lipinski definition) is 3. The lowest BCUT2D eigenvalue weighted by Gasteiger charge is -2.19. The molecule has 0 bridgehead atoms. The highest BCUT2D eigenvalue weighted by Gasteiger charge is 2.12. The fourth-order valence-electron chi connectivity index (χ4n) is 3.70. The highest BCUT2D eigenvalue weighted by Crippen LogP contribution is 2.14. The van der Waals surface area contributed by atoms with Gasteiger partial charge in [-0.3, -0.25) is 0 Å². The van der Waals surface area contributed by atoms with Gasteiger partial charge in [-0.2, -0.15) is 0 Å². The van der Waals surface area contributed by atoms with Gasteiger partial charge in [-0.05, 0) is 40.0 Å². The SMILES string of the molecule is CCCCCCCCCCCCCCCCCCOCCC(C)OCCC(C)(C)O. The maximum atomic E-state index is 9.67. The van der Waals surface area contributed by atoms with Gasteiger partial charge in [0.2, 0.25) is 0 Å². The zero-order valence-corrected chi connectivity index (χ0v) is 21.2. The first-order valence-electron chi connectivity index (χ1n) is 13.4. The van der Waals surface area contributed by atoms with Crippen LogP contribution < -0.4 is 0 Å². The minimum atomic E-state index is -0.635. The first-order chi connectivity index (χ1) is 14.5. The molecule has 1 atom stereocenters. The van der Waals surface area contributed by atoms with E-state index in [1.165, 1.54) is 103 Å². The normalized spacial score (nSPS) is 13.1. The van der Waals surface area contributed by atoms with Gasteiger partial charge in [0, 0.05) is 19.8 Å². The van der Waals surface area contributed by atoms with Crippen LogP contribution in [0.15, 0.2) is 0 Å². The van der Waals surface area contributed by atoms with Gasteiger partial charge in [0.05, 0.1) is 11.7 Å². The van der Waals surface area contributed by atoms with E-state index >= 15 is 0 Å². The Bertz CT molecular complexity index is 325. The van der Waals surface area contributed by atoms with Gasteiger partial charge in [-0.25, -0.2) is 0 Å². The summed E-state index contributed by atoms with van der Waals surface area (Å²) in [6, 6.07) is 0. The van der Waals surface area contributed by atoms with Crippen LogP contribution in [0.3, 0.4) is 0 Å². The van der Waals surface area contributed by atoms with Crippen LogP contribution in [-0.2, 0) is 9.47 Å². The summed E-state index contributed by atoms with van der Waals surface area (Å²) in [7, 11) is 0. The zero-order valence-electron chi connectivity index (χ0n) is 21.2. The van der Waals surface area contributed by atoms with E-state index in [4.69, 9.17) is 9.47 Å². The summed E-state index contributed by atoms with van der Waals surface area (Å²) in [6.07, 6.45) is 24.3. The van der Waals surface area contributed by atoms with Crippen LogP contribution in [0.2, 0.25) is 0 Å². The molecule has 0 amide bonds. The monoisotopic (exact) mass is 428 g/mol. The molecule has 3 nitrogen and oxygen atoms in total. The van der Waals surface area contributed by atoms with Crippen molar-refractivity contribution in [2.24, 2.45) is 0 Å². The minimum absolute atomic E-state index is 0.207. The average Bonchev–Trinajstić information content (AvgIpc) is 2.68. The third-order valence-corrected chi connectivity index (χ3v) is 5.93. The van der Waals surface area contributed by atoms with E-state index < -0.39 is 5.60 Å². The summed E-state index contributed by atoms with van der Waals surface area (Å²) in [4.78, 5) is 0. The molecule has 0 aromatic carbocycles. The highest BCUT2D eigenvalue weighted by atomic mass is 16.5. The Morgan fingerprint density at radius 2 is 1.07 bits per heavy atom. The Labute approximate surface area is 189 Å². The van der Waals surface area contributed by atoms with E-state index in [2.05, 4.69) is 13.8 Å². The molecular weight excluding hydrogens is 372 g/mol. The summed E-state index contributed by atoms with van der Waals surface area (Å²) in [6.45, 7) is 10.3. The first-order valence-corrected chi connectivity index (χ1v) is 13.4.